The van der Waals surface area contributed by atoms with Crippen LogP contribution in [0, 0.1) is 0 Å². The molecule has 1 heterocycles. The second kappa shape index (κ2) is 6.43. The molecule has 1 unspecified atom stereocenters. The van der Waals surface area contributed by atoms with Crippen molar-refractivity contribution >= 4 is 5.82 Å². The molecule has 0 amide bonds. The third kappa shape index (κ3) is 3.42. The Labute approximate surface area is 123 Å². The second-order valence-corrected chi connectivity index (χ2v) is 5.23. The van der Waals surface area contributed by atoms with Gasteiger partial charge in [0.1, 0.15) is 5.82 Å². The summed E-state index contributed by atoms with van der Waals surface area (Å²) in [7, 11) is 0. The monoisotopic (exact) mass is 287 g/mol. The van der Waals surface area contributed by atoms with Gasteiger partial charge >= 0.3 is 5.69 Å². The number of rotatable bonds is 5. The standard InChI is InChI=1S/C16H21N3O2/c1-4-11(2)19-15(20)10-14(18-16(19)21)17-12(3)13-8-6-5-7-9-13/h5-12,17H,4H2,1-3H3,(H,18,21)/t11?,12-/m0/s1. The van der Waals surface area contributed by atoms with E-state index in [-0.39, 0.29) is 23.3 Å². The minimum absolute atomic E-state index is 0.000647. The zero-order valence-electron chi connectivity index (χ0n) is 12.6. The average Bonchev–Trinajstić information content (AvgIpc) is 2.47. The van der Waals surface area contributed by atoms with Gasteiger partial charge in [-0.3, -0.25) is 14.3 Å². The molecule has 0 aliphatic carbocycles. The molecular weight excluding hydrogens is 266 g/mol. The van der Waals surface area contributed by atoms with Crippen molar-refractivity contribution in [1.82, 2.24) is 9.55 Å². The fraction of sp³-hybridized carbons (Fsp3) is 0.375. The molecule has 2 N–H and O–H groups in total. The van der Waals surface area contributed by atoms with Gasteiger partial charge in [-0.05, 0) is 25.8 Å². The van der Waals surface area contributed by atoms with Crippen LogP contribution >= 0.6 is 0 Å². The minimum Gasteiger partial charge on any atom is -0.365 e. The summed E-state index contributed by atoms with van der Waals surface area (Å²) in [6.45, 7) is 5.78. The number of hydrogen-bond acceptors (Lipinski definition) is 3. The average molecular weight is 287 g/mol. The molecule has 2 rings (SSSR count). The fourth-order valence-corrected chi connectivity index (χ4v) is 2.24. The molecule has 112 valence electrons. The van der Waals surface area contributed by atoms with Crippen LogP contribution in [0.4, 0.5) is 5.82 Å². The molecule has 5 heteroatoms. The molecule has 0 saturated heterocycles. The lowest BCUT2D eigenvalue weighted by molar-refractivity contribution is 0.490. The molecule has 2 atom stereocenters. The molecule has 0 spiro atoms. The normalized spacial score (nSPS) is 13.7. The summed E-state index contributed by atoms with van der Waals surface area (Å²) >= 11 is 0. The quantitative estimate of drug-likeness (QED) is 0.888. The molecule has 0 aliphatic heterocycles. The molecule has 21 heavy (non-hydrogen) atoms. The Kier molecular flexibility index (Phi) is 4.62. The van der Waals surface area contributed by atoms with Gasteiger partial charge in [-0.15, -0.1) is 0 Å². The van der Waals surface area contributed by atoms with E-state index in [2.05, 4.69) is 10.3 Å². The van der Waals surface area contributed by atoms with Gasteiger partial charge in [0.15, 0.2) is 0 Å². The highest BCUT2D eigenvalue weighted by atomic mass is 16.2. The predicted molar refractivity (Wildman–Crippen MR) is 84.8 cm³/mol. The summed E-state index contributed by atoms with van der Waals surface area (Å²) in [6.07, 6.45) is 0.732. The zero-order valence-corrected chi connectivity index (χ0v) is 12.6. The van der Waals surface area contributed by atoms with Crippen LogP contribution in [-0.2, 0) is 0 Å². The Morgan fingerprint density at radius 3 is 2.43 bits per heavy atom. The smallest absolute Gasteiger partial charge is 0.330 e. The van der Waals surface area contributed by atoms with E-state index in [9.17, 15) is 9.59 Å². The molecule has 1 aromatic heterocycles. The summed E-state index contributed by atoms with van der Waals surface area (Å²) < 4.78 is 1.25. The molecule has 2 aromatic rings. The molecule has 0 fully saturated rings. The molecule has 0 saturated carbocycles. The first-order valence-electron chi connectivity index (χ1n) is 7.20. The van der Waals surface area contributed by atoms with Crippen LogP contribution in [0.2, 0.25) is 0 Å². The molecule has 0 aliphatic rings. The van der Waals surface area contributed by atoms with Crippen LogP contribution in [0.3, 0.4) is 0 Å². The topological polar surface area (TPSA) is 66.9 Å². The highest BCUT2D eigenvalue weighted by Gasteiger charge is 2.11. The number of anilines is 1. The Morgan fingerprint density at radius 2 is 1.86 bits per heavy atom. The first-order chi connectivity index (χ1) is 10.0. The van der Waals surface area contributed by atoms with E-state index in [1.165, 1.54) is 10.6 Å². The van der Waals surface area contributed by atoms with Crippen LogP contribution in [-0.4, -0.2) is 9.55 Å². The molecule has 0 radical (unpaired) electrons. The maximum absolute atomic E-state index is 12.1. The van der Waals surface area contributed by atoms with E-state index in [1.54, 1.807) is 0 Å². The fourth-order valence-electron chi connectivity index (χ4n) is 2.24. The maximum Gasteiger partial charge on any atom is 0.330 e. The molecule has 5 nitrogen and oxygen atoms in total. The Morgan fingerprint density at radius 1 is 1.19 bits per heavy atom. The lowest BCUT2D eigenvalue weighted by Crippen LogP contribution is -2.37. The summed E-state index contributed by atoms with van der Waals surface area (Å²) in [5.41, 5.74) is 0.430. The number of H-pyrrole nitrogens is 1. The van der Waals surface area contributed by atoms with Gasteiger partial charge < -0.3 is 5.32 Å². The van der Waals surface area contributed by atoms with Crippen molar-refractivity contribution < 1.29 is 0 Å². The van der Waals surface area contributed by atoms with Gasteiger partial charge in [0, 0.05) is 18.2 Å². The van der Waals surface area contributed by atoms with Gasteiger partial charge in [-0.25, -0.2) is 4.79 Å². The van der Waals surface area contributed by atoms with Crippen molar-refractivity contribution in [2.45, 2.75) is 39.3 Å². The summed E-state index contributed by atoms with van der Waals surface area (Å²) in [5, 5.41) is 3.16. The van der Waals surface area contributed by atoms with Gasteiger partial charge in [-0.2, -0.15) is 0 Å². The predicted octanol–water partition coefficient (Wildman–Crippen LogP) is 2.68. The Hall–Kier alpha value is -2.30. The van der Waals surface area contributed by atoms with Gasteiger partial charge in [0.25, 0.3) is 5.56 Å². The van der Waals surface area contributed by atoms with Crippen molar-refractivity contribution in [3.8, 4) is 0 Å². The van der Waals surface area contributed by atoms with Crippen molar-refractivity contribution in [2.24, 2.45) is 0 Å². The van der Waals surface area contributed by atoms with Crippen LogP contribution in [0.25, 0.3) is 0 Å². The lowest BCUT2D eigenvalue weighted by Gasteiger charge is -2.17. The van der Waals surface area contributed by atoms with Crippen molar-refractivity contribution in [3.05, 3.63) is 62.8 Å². The third-order valence-corrected chi connectivity index (χ3v) is 3.67. The second-order valence-electron chi connectivity index (χ2n) is 5.23. The van der Waals surface area contributed by atoms with Crippen LogP contribution in [0.5, 0.6) is 0 Å². The van der Waals surface area contributed by atoms with E-state index in [0.29, 0.717) is 5.82 Å². The van der Waals surface area contributed by atoms with Crippen LogP contribution in [0.15, 0.2) is 46.0 Å². The number of benzene rings is 1. The maximum atomic E-state index is 12.1. The highest BCUT2D eigenvalue weighted by Crippen LogP contribution is 2.16. The number of hydrogen-bond donors (Lipinski definition) is 2. The number of aromatic nitrogens is 2. The summed E-state index contributed by atoms with van der Waals surface area (Å²) in [4.78, 5) is 26.9. The third-order valence-electron chi connectivity index (χ3n) is 3.67. The SMILES string of the molecule is CCC(C)n1c(=O)cc(N[C@@H](C)c2ccccc2)[nH]c1=O. The zero-order chi connectivity index (χ0) is 15.4. The van der Waals surface area contributed by atoms with E-state index in [4.69, 9.17) is 0 Å². The van der Waals surface area contributed by atoms with Crippen molar-refractivity contribution in [3.63, 3.8) is 0 Å². The molecular formula is C16H21N3O2. The number of nitrogens with one attached hydrogen (secondary N) is 2. The van der Waals surface area contributed by atoms with E-state index in [0.717, 1.165) is 12.0 Å². The number of aromatic amines is 1. The van der Waals surface area contributed by atoms with E-state index in [1.807, 2.05) is 51.1 Å². The summed E-state index contributed by atoms with van der Waals surface area (Å²) in [5.74, 6) is 0.445. The lowest BCUT2D eigenvalue weighted by atomic mass is 10.1. The van der Waals surface area contributed by atoms with Crippen LogP contribution < -0.4 is 16.6 Å². The van der Waals surface area contributed by atoms with E-state index < -0.39 is 0 Å². The molecule has 0 bridgehead atoms. The largest absolute Gasteiger partial charge is 0.365 e. The van der Waals surface area contributed by atoms with Crippen molar-refractivity contribution in [1.29, 1.82) is 0 Å². The summed E-state index contributed by atoms with van der Waals surface area (Å²) in [6, 6.07) is 11.2. The number of nitrogens with zero attached hydrogens (tertiary/aromatic N) is 1. The molecule has 1 aromatic carbocycles. The van der Waals surface area contributed by atoms with Gasteiger partial charge in [-0.1, -0.05) is 37.3 Å². The first kappa shape index (κ1) is 15.1. The Bertz CT molecular complexity index is 672. The van der Waals surface area contributed by atoms with Gasteiger partial charge in [0.05, 0.1) is 0 Å². The first-order valence-corrected chi connectivity index (χ1v) is 7.20. The van der Waals surface area contributed by atoms with Crippen molar-refractivity contribution in [2.75, 3.05) is 5.32 Å². The van der Waals surface area contributed by atoms with Gasteiger partial charge in [0.2, 0.25) is 0 Å². The Balaban J connectivity index is 2.27. The van der Waals surface area contributed by atoms with Crippen LogP contribution in [0.1, 0.15) is 44.8 Å². The van der Waals surface area contributed by atoms with E-state index >= 15 is 0 Å². The highest BCUT2D eigenvalue weighted by molar-refractivity contribution is 5.36. The minimum atomic E-state index is -0.375.